The van der Waals surface area contributed by atoms with E-state index >= 15 is 0 Å². The largest absolute Gasteiger partial charge is 0.481 e. The van der Waals surface area contributed by atoms with Gasteiger partial charge < -0.3 is 16.6 Å². The summed E-state index contributed by atoms with van der Waals surface area (Å²) in [4.78, 5) is 10.4. The van der Waals surface area contributed by atoms with Crippen molar-refractivity contribution in [3.05, 3.63) is 0 Å². The van der Waals surface area contributed by atoms with E-state index in [0.717, 1.165) is 19.3 Å². The Kier molecular flexibility index (Phi) is 7.42. The third kappa shape index (κ3) is 6.86. The molecule has 0 radical (unpaired) electrons. The number of rotatable bonds is 8. The number of aliphatic carboxylic acids is 1. The summed E-state index contributed by atoms with van der Waals surface area (Å²) in [5, 5.41) is 8.51. The van der Waals surface area contributed by atoms with E-state index in [2.05, 4.69) is 6.92 Å². The van der Waals surface area contributed by atoms with Gasteiger partial charge in [-0.2, -0.15) is 0 Å². The number of carbonyl (C=O) groups is 1. The molecule has 2 unspecified atom stereocenters. The van der Waals surface area contributed by atoms with Crippen LogP contribution in [0.5, 0.6) is 0 Å². The molecule has 0 amide bonds. The van der Waals surface area contributed by atoms with Crippen LogP contribution < -0.4 is 11.5 Å². The molecule has 5 N–H and O–H groups in total. The summed E-state index contributed by atoms with van der Waals surface area (Å²) in [7, 11) is 0. The summed E-state index contributed by atoms with van der Waals surface area (Å²) in [6.07, 6.45) is 5.40. The lowest BCUT2D eigenvalue weighted by Gasteiger charge is -2.17. The molecule has 0 fully saturated rings. The Balaban J connectivity index is 3.51. The van der Waals surface area contributed by atoms with Crippen molar-refractivity contribution in [3.63, 3.8) is 0 Å². The lowest BCUT2D eigenvalue weighted by atomic mass is 10.00. The summed E-state index contributed by atoms with van der Waals surface area (Å²) in [5.74, 6) is -0.874. The van der Waals surface area contributed by atoms with Gasteiger partial charge in [0.2, 0.25) is 0 Å². The van der Waals surface area contributed by atoms with Gasteiger partial charge in [0.05, 0.1) is 6.42 Å². The molecule has 4 heteroatoms. The van der Waals surface area contributed by atoms with E-state index in [4.69, 9.17) is 16.6 Å². The number of carboxylic acid groups (broad SMARTS) is 1. The number of unbranched alkanes of at least 4 members (excludes halogenated alkanes) is 3. The highest BCUT2D eigenvalue weighted by Crippen LogP contribution is 2.07. The van der Waals surface area contributed by atoms with Crippen LogP contribution in [0.2, 0.25) is 0 Å². The van der Waals surface area contributed by atoms with E-state index in [1.165, 1.54) is 12.8 Å². The second-order valence-corrected chi connectivity index (χ2v) is 3.77. The van der Waals surface area contributed by atoms with Gasteiger partial charge in [0, 0.05) is 12.1 Å². The molecule has 0 aromatic rings. The van der Waals surface area contributed by atoms with E-state index in [0.29, 0.717) is 0 Å². The lowest BCUT2D eigenvalue weighted by Crippen LogP contribution is -2.42. The van der Waals surface area contributed by atoms with Crippen LogP contribution in [-0.4, -0.2) is 23.2 Å². The Labute approximate surface area is 85.7 Å². The van der Waals surface area contributed by atoms with Gasteiger partial charge >= 0.3 is 5.97 Å². The average molecular weight is 202 g/mol. The third-order valence-corrected chi connectivity index (χ3v) is 2.35. The fraction of sp³-hybridized carbons (Fsp3) is 0.900. The smallest absolute Gasteiger partial charge is 0.304 e. The number of carboxylic acids is 1. The summed E-state index contributed by atoms with van der Waals surface area (Å²) in [5.41, 5.74) is 11.4. The minimum Gasteiger partial charge on any atom is -0.481 e. The van der Waals surface area contributed by atoms with Crippen molar-refractivity contribution in [2.75, 3.05) is 0 Å². The highest BCUT2D eigenvalue weighted by molar-refractivity contribution is 5.67. The Hall–Kier alpha value is -0.610. The summed E-state index contributed by atoms with van der Waals surface area (Å²) >= 11 is 0. The second-order valence-electron chi connectivity index (χ2n) is 3.77. The molecule has 0 saturated heterocycles. The van der Waals surface area contributed by atoms with Gasteiger partial charge in [-0.25, -0.2) is 0 Å². The first-order valence-corrected chi connectivity index (χ1v) is 5.30. The summed E-state index contributed by atoms with van der Waals surface area (Å²) in [6, 6.07) is -0.586. The zero-order valence-electron chi connectivity index (χ0n) is 8.91. The minimum absolute atomic E-state index is 0.0328. The minimum atomic E-state index is -0.874. The number of hydrogen-bond acceptors (Lipinski definition) is 3. The highest BCUT2D eigenvalue weighted by Gasteiger charge is 2.15. The van der Waals surface area contributed by atoms with Gasteiger partial charge in [0.15, 0.2) is 0 Å². The standard InChI is InChI=1S/C10H22N2O2/c1-2-3-4-5-6-8(11)9(12)7-10(13)14/h8-9H,2-7,11-12H2,1H3,(H,13,14). The van der Waals surface area contributed by atoms with Crippen LogP contribution in [0.25, 0.3) is 0 Å². The topological polar surface area (TPSA) is 89.3 Å². The van der Waals surface area contributed by atoms with E-state index < -0.39 is 12.0 Å². The molecule has 0 aromatic carbocycles. The zero-order valence-corrected chi connectivity index (χ0v) is 8.91. The first kappa shape index (κ1) is 13.4. The summed E-state index contributed by atoms with van der Waals surface area (Å²) < 4.78 is 0. The fourth-order valence-electron chi connectivity index (χ4n) is 1.37. The normalized spacial score (nSPS) is 15.1. The Morgan fingerprint density at radius 3 is 2.36 bits per heavy atom. The molecule has 0 aliphatic carbocycles. The molecule has 0 aliphatic heterocycles. The van der Waals surface area contributed by atoms with Gasteiger partial charge in [-0.3, -0.25) is 4.79 Å². The monoisotopic (exact) mass is 202 g/mol. The van der Waals surface area contributed by atoms with Crippen LogP contribution in [0.15, 0.2) is 0 Å². The molecule has 0 aromatic heterocycles. The lowest BCUT2D eigenvalue weighted by molar-refractivity contribution is -0.137. The number of hydrogen-bond donors (Lipinski definition) is 3. The molecular weight excluding hydrogens is 180 g/mol. The molecular formula is C10H22N2O2. The van der Waals surface area contributed by atoms with Crippen LogP contribution in [0.4, 0.5) is 0 Å². The van der Waals surface area contributed by atoms with Gasteiger partial charge in [-0.1, -0.05) is 32.6 Å². The molecule has 4 nitrogen and oxygen atoms in total. The Bertz CT molecular complexity index is 162. The van der Waals surface area contributed by atoms with Crippen molar-refractivity contribution < 1.29 is 9.90 Å². The predicted octanol–water partition coefficient (Wildman–Crippen LogP) is 1.09. The molecule has 0 saturated carbocycles. The predicted molar refractivity (Wildman–Crippen MR) is 57.0 cm³/mol. The van der Waals surface area contributed by atoms with Crippen molar-refractivity contribution in [3.8, 4) is 0 Å². The number of nitrogens with two attached hydrogens (primary N) is 2. The first-order valence-electron chi connectivity index (χ1n) is 5.30. The first-order chi connectivity index (χ1) is 6.57. The molecule has 0 heterocycles. The van der Waals surface area contributed by atoms with E-state index in [1.807, 2.05) is 0 Å². The van der Waals surface area contributed by atoms with Crippen molar-refractivity contribution in [1.82, 2.24) is 0 Å². The van der Waals surface area contributed by atoms with E-state index in [1.54, 1.807) is 0 Å². The van der Waals surface area contributed by atoms with Crippen molar-refractivity contribution in [2.24, 2.45) is 11.5 Å². The van der Waals surface area contributed by atoms with Crippen molar-refractivity contribution in [2.45, 2.75) is 57.5 Å². The maximum atomic E-state index is 10.4. The molecule has 0 aliphatic rings. The third-order valence-electron chi connectivity index (χ3n) is 2.35. The van der Waals surface area contributed by atoms with Crippen LogP contribution in [0.3, 0.4) is 0 Å². The summed E-state index contributed by atoms with van der Waals surface area (Å²) in [6.45, 7) is 2.15. The molecule has 0 bridgehead atoms. The molecule has 0 spiro atoms. The average Bonchev–Trinajstić information content (AvgIpc) is 2.11. The van der Waals surface area contributed by atoms with Crippen LogP contribution >= 0.6 is 0 Å². The fourth-order valence-corrected chi connectivity index (χ4v) is 1.37. The molecule has 2 atom stereocenters. The van der Waals surface area contributed by atoms with E-state index in [-0.39, 0.29) is 12.5 Å². The molecule has 14 heavy (non-hydrogen) atoms. The van der Waals surface area contributed by atoms with Crippen LogP contribution in [-0.2, 0) is 4.79 Å². The highest BCUT2D eigenvalue weighted by atomic mass is 16.4. The van der Waals surface area contributed by atoms with Gasteiger partial charge in [0.1, 0.15) is 0 Å². The van der Waals surface area contributed by atoms with E-state index in [9.17, 15) is 4.79 Å². The van der Waals surface area contributed by atoms with Crippen LogP contribution in [0.1, 0.15) is 45.4 Å². The maximum Gasteiger partial charge on any atom is 0.304 e. The maximum absolute atomic E-state index is 10.4. The molecule has 0 rings (SSSR count). The van der Waals surface area contributed by atoms with Gasteiger partial charge in [0.25, 0.3) is 0 Å². The zero-order chi connectivity index (χ0) is 11.0. The Morgan fingerprint density at radius 2 is 1.86 bits per heavy atom. The van der Waals surface area contributed by atoms with Gasteiger partial charge in [-0.15, -0.1) is 0 Å². The van der Waals surface area contributed by atoms with Crippen molar-refractivity contribution >= 4 is 5.97 Å². The Morgan fingerprint density at radius 1 is 1.21 bits per heavy atom. The quantitative estimate of drug-likeness (QED) is 0.514. The SMILES string of the molecule is CCCCCCC(N)C(N)CC(=O)O. The van der Waals surface area contributed by atoms with Crippen molar-refractivity contribution in [1.29, 1.82) is 0 Å². The molecule has 84 valence electrons. The second kappa shape index (κ2) is 7.76. The van der Waals surface area contributed by atoms with Gasteiger partial charge in [-0.05, 0) is 6.42 Å². The van der Waals surface area contributed by atoms with Crippen LogP contribution in [0, 0.1) is 0 Å².